The topological polar surface area (TPSA) is 35.6 Å². The van der Waals surface area contributed by atoms with Crippen LogP contribution in [0.5, 0.6) is 0 Å². The van der Waals surface area contributed by atoms with Crippen LogP contribution in [0.15, 0.2) is 54.6 Å². The predicted molar refractivity (Wildman–Crippen MR) is 112 cm³/mol. The number of nitrogens with one attached hydrogen (secondary N) is 1. The van der Waals surface area contributed by atoms with Gasteiger partial charge < -0.3 is 10.2 Å². The molecular weight excluding hydrogens is 346 g/mol. The summed E-state index contributed by atoms with van der Waals surface area (Å²) in [4.78, 5) is 17.4. The van der Waals surface area contributed by atoms with Crippen LogP contribution in [0.25, 0.3) is 0 Å². The predicted octanol–water partition coefficient (Wildman–Crippen LogP) is 2.60. The highest BCUT2D eigenvalue weighted by Crippen LogP contribution is 2.19. The van der Waals surface area contributed by atoms with E-state index in [1.807, 2.05) is 59.5 Å². The van der Waals surface area contributed by atoms with Gasteiger partial charge in [0.2, 0.25) is 0 Å². The van der Waals surface area contributed by atoms with Gasteiger partial charge in [0.05, 0.1) is 0 Å². The minimum Gasteiger partial charge on any atom is -0.339 e. The van der Waals surface area contributed by atoms with Gasteiger partial charge in [0.25, 0.3) is 5.91 Å². The summed E-state index contributed by atoms with van der Waals surface area (Å²) in [5.41, 5.74) is 2.68. The number of carbonyl (C=O) groups is 1. The minimum atomic E-state index is 0.140. The first kappa shape index (κ1) is 18.7. The third-order valence-corrected chi connectivity index (χ3v) is 5.68. The number of hydrogen-bond acceptors (Lipinski definition) is 3. The summed E-state index contributed by atoms with van der Waals surface area (Å²) in [6.45, 7) is 6.12. The van der Waals surface area contributed by atoms with E-state index in [1.54, 1.807) is 0 Å². The smallest absolute Gasteiger partial charge is 0.253 e. The largest absolute Gasteiger partial charge is 0.339 e. The molecule has 1 amide bonds. The van der Waals surface area contributed by atoms with Crippen molar-refractivity contribution in [1.82, 2.24) is 15.1 Å². The molecule has 4 nitrogen and oxygen atoms in total. The van der Waals surface area contributed by atoms with Crippen molar-refractivity contribution < 1.29 is 4.79 Å². The molecule has 0 saturated carbocycles. The third-order valence-electron chi connectivity index (χ3n) is 5.68. The van der Waals surface area contributed by atoms with Crippen molar-refractivity contribution >= 4 is 5.91 Å². The molecule has 0 radical (unpaired) electrons. The van der Waals surface area contributed by atoms with Crippen molar-refractivity contribution in [3.8, 4) is 11.8 Å². The molecule has 2 aliphatic heterocycles. The molecule has 0 aromatic heterocycles. The number of piperidine rings is 1. The molecule has 0 atom stereocenters. The Balaban J connectivity index is 1.33. The lowest BCUT2D eigenvalue weighted by Crippen LogP contribution is -2.52. The van der Waals surface area contributed by atoms with E-state index in [2.05, 4.69) is 22.1 Å². The lowest BCUT2D eigenvalue weighted by atomic mass is 10.0. The number of hydrogen-bond donors (Lipinski definition) is 1. The van der Waals surface area contributed by atoms with Crippen LogP contribution in [0.2, 0.25) is 0 Å². The maximum atomic E-state index is 12.8. The Morgan fingerprint density at radius 1 is 0.821 bits per heavy atom. The fraction of sp³-hybridized carbons (Fsp3) is 0.375. The molecule has 1 N–H and O–H groups in total. The summed E-state index contributed by atoms with van der Waals surface area (Å²) in [6, 6.07) is 18.3. The van der Waals surface area contributed by atoms with E-state index < -0.39 is 0 Å². The van der Waals surface area contributed by atoms with Crippen LogP contribution in [0.1, 0.15) is 34.3 Å². The number of nitrogens with zero attached hydrogens (tertiary/aromatic N) is 2. The quantitative estimate of drug-likeness (QED) is 0.822. The molecule has 2 aromatic rings. The molecule has 2 aliphatic rings. The van der Waals surface area contributed by atoms with Crippen molar-refractivity contribution in [3.05, 3.63) is 71.3 Å². The number of carbonyl (C=O) groups excluding carboxylic acids is 1. The van der Waals surface area contributed by atoms with Crippen LogP contribution in [-0.2, 0) is 0 Å². The monoisotopic (exact) mass is 373 g/mol. The molecule has 0 bridgehead atoms. The zero-order chi connectivity index (χ0) is 19.2. The van der Waals surface area contributed by atoms with E-state index in [1.165, 1.54) is 0 Å². The Kier molecular flexibility index (Phi) is 6.06. The van der Waals surface area contributed by atoms with E-state index >= 15 is 0 Å². The lowest BCUT2D eigenvalue weighted by Gasteiger charge is -2.40. The van der Waals surface area contributed by atoms with Crippen molar-refractivity contribution in [1.29, 1.82) is 0 Å². The van der Waals surface area contributed by atoms with Gasteiger partial charge in [-0.15, -0.1) is 0 Å². The normalized spacial score (nSPS) is 18.4. The molecule has 2 saturated heterocycles. The first-order chi connectivity index (χ1) is 13.8. The van der Waals surface area contributed by atoms with Crippen molar-refractivity contribution in [2.24, 2.45) is 0 Å². The summed E-state index contributed by atoms with van der Waals surface area (Å²) in [5.74, 6) is 6.46. The number of benzene rings is 2. The van der Waals surface area contributed by atoms with Gasteiger partial charge >= 0.3 is 0 Å². The van der Waals surface area contributed by atoms with E-state index in [4.69, 9.17) is 0 Å². The van der Waals surface area contributed by atoms with Crippen molar-refractivity contribution in [3.63, 3.8) is 0 Å². The Hall–Kier alpha value is -2.61. The summed E-state index contributed by atoms with van der Waals surface area (Å²) in [7, 11) is 0. The van der Waals surface area contributed by atoms with Crippen LogP contribution in [-0.4, -0.2) is 61.0 Å². The lowest BCUT2D eigenvalue weighted by molar-refractivity contribution is 0.0601. The fourth-order valence-electron chi connectivity index (χ4n) is 4.03. The minimum absolute atomic E-state index is 0.140. The van der Waals surface area contributed by atoms with Gasteiger partial charge in [0.15, 0.2) is 0 Å². The molecule has 4 heteroatoms. The van der Waals surface area contributed by atoms with E-state index in [0.717, 1.165) is 68.8 Å². The van der Waals surface area contributed by atoms with Crippen LogP contribution in [0.3, 0.4) is 0 Å². The number of amides is 1. The maximum absolute atomic E-state index is 12.8. The SMILES string of the molecule is O=C(c1ccc(C#Cc2ccccc2)cc1)N1CCC(N2CCNCC2)CC1. The van der Waals surface area contributed by atoms with Gasteiger partial charge in [-0.25, -0.2) is 0 Å². The van der Waals surface area contributed by atoms with Gasteiger partial charge in [-0.3, -0.25) is 9.69 Å². The second kappa shape index (κ2) is 9.05. The Morgan fingerprint density at radius 2 is 1.43 bits per heavy atom. The van der Waals surface area contributed by atoms with Crippen molar-refractivity contribution in [2.45, 2.75) is 18.9 Å². The average molecular weight is 374 g/mol. The molecule has 28 heavy (non-hydrogen) atoms. The third kappa shape index (κ3) is 4.62. The van der Waals surface area contributed by atoms with Gasteiger partial charge in [0.1, 0.15) is 0 Å². The van der Waals surface area contributed by atoms with Gasteiger partial charge in [-0.05, 0) is 49.2 Å². The van der Waals surface area contributed by atoms with E-state index in [0.29, 0.717) is 6.04 Å². The molecule has 0 aliphatic carbocycles. The summed E-state index contributed by atoms with van der Waals surface area (Å²) < 4.78 is 0. The summed E-state index contributed by atoms with van der Waals surface area (Å²) >= 11 is 0. The Bertz CT molecular complexity index is 837. The van der Waals surface area contributed by atoms with E-state index in [-0.39, 0.29) is 5.91 Å². The van der Waals surface area contributed by atoms with Gasteiger partial charge in [0, 0.05) is 62.0 Å². The molecular formula is C24H27N3O. The maximum Gasteiger partial charge on any atom is 0.253 e. The zero-order valence-electron chi connectivity index (χ0n) is 16.2. The fourth-order valence-corrected chi connectivity index (χ4v) is 4.03. The molecule has 2 heterocycles. The molecule has 2 fully saturated rings. The van der Waals surface area contributed by atoms with Crippen LogP contribution >= 0.6 is 0 Å². The number of rotatable bonds is 2. The summed E-state index contributed by atoms with van der Waals surface area (Å²) in [6.07, 6.45) is 2.15. The highest BCUT2D eigenvalue weighted by molar-refractivity contribution is 5.94. The van der Waals surface area contributed by atoms with Crippen LogP contribution < -0.4 is 5.32 Å². The van der Waals surface area contributed by atoms with Crippen LogP contribution in [0.4, 0.5) is 0 Å². The second-order valence-corrected chi connectivity index (χ2v) is 7.50. The standard InChI is InChI=1S/C24H27N3O/c28-24(27-16-12-23(13-17-27)26-18-14-25-15-19-26)22-10-8-21(9-11-22)7-6-20-4-2-1-3-5-20/h1-5,8-11,23,25H,12-19H2. The molecule has 144 valence electrons. The highest BCUT2D eigenvalue weighted by Gasteiger charge is 2.27. The van der Waals surface area contributed by atoms with Gasteiger partial charge in [-0.2, -0.15) is 0 Å². The Morgan fingerprint density at radius 3 is 2.07 bits per heavy atom. The number of piperazine rings is 1. The number of likely N-dealkylation sites (tertiary alicyclic amines) is 1. The molecule has 0 spiro atoms. The zero-order valence-corrected chi connectivity index (χ0v) is 16.2. The van der Waals surface area contributed by atoms with Gasteiger partial charge in [-0.1, -0.05) is 30.0 Å². The summed E-state index contributed by atoms with van der Waals surface area (Å²) in [5, 5.41) is 3.41. The van der Waals surface area contributed by atoms with E-state index in [9.17, 15) is 4.79 Å². The first-order valence-corrected chi connectivity index (χ1v) is 10.2. The van der Waals surface area contributed by atoms with Crippen LogP contribution in [0, 0.1) is 11.8 Å². The molecule has 0 unspecified atom stereocenters. The average Bonchev–Trinajstić information content (AvgIpc) is 2.79. The second-order valence-electron chi connectivity index (χ2n) is 7.50. The van der Waals surface area contributed by atoms with Crippen molar-refractivity contribution in [2.75, 3.05) is 39.3 Å². The Labute approximate surface area is 167 Å². The highest BCUT2D eigenvalue weighted by atomic mass is 16.2. The molecule has 2 aromatic carbocycles. The molecule has 4 rings (SSSR count). The first-order valence-electron chi connectivity index (χ1n) is 10.2.